The third-order valence-corrected chi connectivity index (χ3v) is 1.98. The number of aromatic nitrogens is 1. The van der Waals surface area contributed by atoms with Gasteiger partial charge in [0, 0.05) is 5.38 Å². The van der Waals surface area contributed by atoms with Gasteiger partial charge in [-0.05, 0) is 13.0 Å². The largest absolute Gasteiger partial charge is 0.390 e. The fourth-order valence-electron chi connectivity index (χ4n) is 0.645. The second-order valence-corrected chi connectivity index (χ2v) is 2.99. The van der Waals surface area contributed by atoms with Gasteiger partial charge in [0.25, 0.3) is 0 Å². The lowest BCUT2D eigenvalue weighted by molar-refractivity contribution is 0.277. The van der Waals surface area contributed by atoms with Crippen molar-refractivity contribution in [3.63, 3.8) is 0 Å². The van der Waals surface area contributed by atoms with Crippen molar-refractivity contribution in [3.8, 4) is 11.8 Å². The minimum atomic E-state index is -0.00971. The molecule has 4 heteroatoms. The van der Waals surface area contributed by atoms with Crippen LogP contribution in [0, 0.1) is 11.8 Å². The van der Waals surface area contributed by atoms with Crippen molar-refractivity contribution in [1.29, 1.82) is 0 Å². The van der Waals surface area contributed by atoms with E-state index in [1.165, 1.54) is 11.3 Å². The van der Waals surface area contributed by atoms with E-state index in [-0.39, 0.29) is 6.61 Å². The molecular formula is C8H10N2OS. The number of rotatable bonds is 2. The second-order valence-electron chi connectivity index (χ2n) is 2.13. The van der Waals surface area contributed by atoms with Crippen LogP contribution in [-0.2, 0) is 6.61 Å². The molecule has 0 unspecified atom stereocenters. The second kappa shape index (κ2) is 4.88. The number of hydrogen-bond acceptors (Lipinski definition) is 4. The molecule has 3 nitrogen and oxygen atoms in total. The maximum atomic E-state index is 8.71. The highest BCUT2D eigenvalue weighted by Crippen LogP contribution is 2.07. The molecule has 1 aromatic rings. The number of hydrogen-bond donors (Lipinski definition) is 2. The lowest BCUT2D eigenvalue weighted by atomic mass is 10.5. The topological polar surface area (TPSA) is 45.2 Å². The molecule has 0 aliphatic carbocycles. The zero-order valence-corrected chi connectivity index (χ0v) is 7.61. The highest BCUT2D eigenvalue weighted by atomic mass is 32.1. The Morgan fingerprint density at radius 3 is 3.17 bits per heavy atom. The highest BCUT2D eigenvalue weighted by Gasteiger charge is 1.95. The minimum absolute atomic E-state index is 0.00971. The van der Waals surface area contributed by atoms with Gasteiger partial charge in [-0.25, -0.2) is 4.98 Å². The molecule has 12 heavy (non-hydrogen) atoms. The summed E-state index contributed by atoms with van der Waals surface area (Å²) < 4.78 is 0. The maximum Gasteiger partial charge on any atom is 0.167 e. The Balaban J connectivity index is 2.59. The summed E-state index contributed by atoms with van der Waals surface area (Å²) >= 11 is 1.45. The Morgan fingerprint density at radius 2 is 2.58 bits per heavy atom. The van der Waals surface area contributed by atoms with Crippen molar-refractivity contribution >= 4 is 11.3 Å². The van der Waals surface area contributed by atoms with Crippen LogP contribution in [-0.4, -0.2) is 23.7 Å². The van der Waals surface area contributed by atoms with E-state index in [0.717, 1.165) is 5.01 Å². The van der Waals surface area contributed by atoms with Crippen LogP contribution in [0.5, 0.6) is 0 Å². The molecule has 0 atom stereocenters. The molecule has 0 spiro atoms. The van der Waals surface area contributed by atoms with E-state index in [1.807, 2.05) is 12.4 Å². The van der Waals surface area contributed by atoms with Gasteiger partial charge < -0.3 is 10.4 Å². The number of aliphatic hydroxyl groups is 1. The van der Waals surface area contributed by atoms with Crippen LogP contribution in [0.4, 0.5) is 0 Å². The molecule has 1 rings (SSSR count). The fraction of sp³-hybridized carbons (Fsp3) is 0.375. The maximum absolute atomic E-state index is 8.71. The Morgan fingerprint density at radius 1 is 1.75 bits per heavy atom. The van der Waals surface area contributed by atoms with Gasteiger partial charge in [-0.15, -0.1) is 11.3 Å². The van der Waals surface area contributed by atoms with Crippen molar-refractivity contribution < 1.29 is 5.11 Å². The van der Waals surface area contributed by atoms with Crippen molar-refractivity contribution in [2.45, 2.75) is 6.61 Å². The van der Waals surface area contributed by atoms with Crippen LogP contribution in [0.15, 0.2) is 5.38 Å². The predicted octanol–water partition coefficient (Wildman–Crippen LogP) is 0.206. The summed E-state index contributed by atoms with van der Waals surface area (Å²) in [5, 5.41) is 14.2. The number of nitrogens with zero attached hydrogens (tertiary/aromatic N) is 1. The number of aliphatic hydroxyl groups excluding tert-OH is 1. The molecule has 1 heterocycles. The summed E-state index contributed by atoms with van der Waals surface area (Å²) in [6.45, 7) is 0.651. The quantitative estimate of drug-likeness (QED) is 0.642. The Kier molecular flexibility index (Phi) is 3.74. The van der Waals surface area contributed by atoms with E-state index >= 15 is 0 Å². The van der Waals surface area contributed by atoms with Gasteiger partial charge in [0.2, 0.25) is 0 Å². The van der Waals surface area contributed by atoms with Gasteiger partial charge in [0.1, 0.15) is 0 Å². The summed E-state index contributed by atoms with van der Waals surface area (Å²) in [7, 11) is 1.84. The van der Waals surface area contributed by atoms with E-state index in [2.05, 4.69) is 22.1 Å². The van der Waals surface area contributed by atoms with Crippen LogP contribution in [0.2, 0.25) is 0 Å². The zero-order chi connectivity index (χ0) is 8.81. The van der Waals surface area contributed by atoms with Crippen LogP contribution < -0.4 is 5.32 Å². The molecule has 0 aliphatic heterocycles. The molecule has 0 saturated carbocycles. The van der Waals surface area contributed by atoms with E-state index < -0.39 is 0 Å². The molecule has 0 saturated heterocycles. The molecule has 0 bridgehead atoms. The summed E-state index contributed by atoms with van der Waals surface area (Å²) in [6.07, 6.45) is 0. The highest BCUT2D eigenvalue weighted by molar-refractivity contribution is 7.10. The molecule has 0 radical (unpaired) electrons. The van der Waals surface area contributed by atoms with E-state index in [0.29, 0.717) is 12.2 Å². The first-order valence-electron chi connectivity index (χ1n) is 3.55. The number of nitrogens with one attached hydrogen (secondary N) is 1. The van der Waals surface area contributed by atoms with Gasteiger partial charge in [-0.1, -0.05) is 5.92 Å². The first kappa shape index (κ1) is 9.20. The number of thiazole rings is 1. The Hall–Kier alpha value is -0.890. The molecule has 64 valence electrons. The van der Waals surface area contributed by atoms with Crippen molar-refractivity contribution in [3.05, 3.63) is 16.1 Å². The van der Waals surface area contributed by atoms with Crippen LogP contribution in [0.3, 0.4) is 0 Å². The van der Waals surface area contributed by atoms with Crippen LogP contribution in [0.1, 0.15) is 10.7 Å². The summed E-state index contributed by atoms with van der Waals surface area (Å²) in [4.78, 5) is 4.07. The predicted molar refractivity (Wildman–Crippen MR) is 48.8 cm³/mol. The van der Waals surface area contributed by atoms with Gasteiger partial charge >= 0.3 is 0 Å². The van der Waals surface area contributed by atoms with Crippen LogP contribution in [0.25, 0.3) is 0 Å². The van der Waals surface area contributed by atoms with E-state index in [4.69, 9.17) is 5.11 Å². The molecule has 0 fully saturated rings. The lowest BCUT2D eigenvalue weighted by Gasteiger charge is -1.82. The molecule has 0 amide bonds. The summed E-state index contributed by atoms with van der Waals surface area (Å²) in [6, 6.07) is 0. The SMILES string of the molecule is CNCC#Cc1nc(CO)cs1. The smallest absolute Gasteiger partial charge is 0.167 e. The Bertz CT molecular complexity index is 297. The molecule has 2 N–H and O–H groups in total. The monoisotopic (exact) mass is 182 g/mol. The van der Waals surface area contributed by atoms with E-state index in [1.54, 1.807) is 0 Å². The van der Waals surface area contributed by atoms with Crippen molar-refractivity contribution in [2.75, 3.05) is 13.6 Å². The van der Waals surface area contributed by atoms with Gasteiger partial charge in [-0.3, -0.25) is 0 Å². The normalized spacial score (nSPS) is 9.17. The average molecular weight is 182 g/mol. The van der Waals surface area contributed by atoms with Gasteiger partial charge in [-0.2, -0.15) is 0 Å². The minimum Gasteiger partial charge on any atom is -0.390 e. The molecular weight excluding hydrogens is 172 g/mol. The van der Waals surface area contributed by atoms with Gasteiger partial charge in [0.15, 0.2) is 5.01 Å². The Labute approximate surface area is 75.5 Å². The van der Waals surface area contributed by atoms with Crippen LogP contribution >= 0.6 is 11.3 Å². The van der Waals surface area contributed by atoms with E-state index in [9.17, 15) is 0 Å². The van der Waals surface area contributed by atoms with Gasteiger partial charge in [0.05, 0.1) is 18.8 Å². The molecule has 1 aromatic heterocycles. The summed E-state index contributed by atoms with van der Waals surface area (Å²) in [5.41, 5.74) is 0.689. The standard InChI is InChI=1S/C8H10N2OS/c1-9-4-2-3-8-10-7(5-11)6-12-8/h6,9,11H,4-5H2,1H3. The lowest BCUT2D eigenvalue weighted by Crippen LogP contribution is -2.04. The van der Waals surface area contributed by atoms with Crippen molar-refractivity contribution in [2.24, 2.45) is 0 Å². The average Bonchev–Trinajstić information content (AvgIpc) is 2.53. The first-order chi connectivity index (χ1) is 5.86. The third kappa shape index (κ3) is 2.62. The first-order valence-corrected chi connectivity index (χ1v) is 4.43. The summed E-state index contributed by atoms with van der Waals surface area (Å²) in [5.74, 6) is 5.78. The third-order valence-electron chi connectivity index (χ3n) is 1.17. The molecule has 0 aliphatic rings. The molecule has 0 aromatic carbocycles. The zero-order valence-electron chi connectivity index (χ0n) is 6.79. The van der Waals surface area contributed by atoms with Crippen molar-refractivity contribution in [1.82, 2.24) is 10.3 Å². The fourth-order valence-corrected chi connectivity index (χ4v) is 1.32.